The minimum atomic E-state index is 0.773. The number of halogens is 1. The molecular formula is C14H12BrN3S. The molecule has 0 amide bonds. The lowest BCUT2D eigenvalue weighted by Crippen LogP contribution is -2.00. The van der Waals surface area contributed by atoms with Crippen molar-refractivity contribution in [3.8, 4) is 0 Å². The monoisotopic (exact) mass is 333 g/mol. The topological polar surface area (TPSA) is 37.8 Å². The molecular weight excluding hydrogens is 322 g/mol. The molecule has 0 atom stereocenters. The minimum Gasteiger partial charge on any atom is -0.357 e. The number of rotatable bonds is 3. The van der Waals surface area contributed by atoms with Gasteiger partial charge in [0.15, 0.2) is 5.13 Å². The standard InChI is InChI=1S/C14H12BrN3S/c1-9-7-16-5-4-10(9)8-17-14-18-12-6-11(15)2-3-13(12)19-14/h2-7H,8H2,1H3,(H,17,18). The van der Waals surface area contributed by atoms with Gasteiger partial charge in [-0.2, -0.15) is 0 Å². The first-order valence-corrected chi connectivity index (χ1v) is 7.53. The van der Waals surface area contributed by atoms with Crippen LogP contribution in [0.1, 0.15) is 11.1 Å². The Labute approximate surface area is 123 Å². The van der Waals surface area contributed by atoms with Crippen LogP contribution < -0.4 is 5.32 Å². The highest BCUT2D eigenvalue weighted by atomic mass is 79.9. The molecule has 3 nitrogen and oxygen atoms in total. The number of hydrogen-bond donors (Lipinski definition) is 1. The van der Waals surface area contributed by atoms with Crippen molar-refractivity contribution in [2.24, 2.45) is 0 Å². The lowest BCUT2D eigenvalue weighted by atomic mass is 10.2. The Morgan fingerprint density at radius 3 is 3.05 bits per heavy atom. The van der Waals surface area contributed by atoms with Gasteiger partial charge in [0.1, 0.15) is 0 Å². The third-order valence-electron chi connectivity index (χ3n) is 2.92. The molecule has 3 rings (SSSR count). The Hall–Kier alpha value is -1.46. The molecule has 1 N–H and O–H groups in total. The zero-order valence-electron chi connectivity index (χ0n) is 10.4. The Balaban J connectivity index is 1.80. The van der Waals surface area contributed by atoms with Crippen LogP contribution in [-0.2, 0) is 6.54 Å². The molecule has 0 aliphatic carbocycles. The number of thiazole rings is 1. The third-order valence-corrected chi connectivity index (χ3v) is 4.40. The van der Waals surface area contributed by atoms with Crippen molar-refractivity contribution >= 4 is 42.6 Å². The Morgan fingerprint density at radius 1 is 1.32 bits per heavy atom. The first kappa shape index (κ1) is 12.6. The molecule has 0 saturated heterocycles. The summed E-state index contributed by atoms with van der Waals surface area (Å²) >= 11 is 5.14. The molecule has 3 aromatic rings. The van der Waals surface area contributed by atoms with Crippen LogP contribution in [0.3, 0.4) is 0 Å². The van der Waals surface area contributed by atoms with E-state index in [4.69, 9.17) is 0 Å². The van der Waals surface area contributed by atoms with E-state index in [1.54, 1.807) is 11.3 Å². The summed E-state index contributed by atoms with van der Waals surface area (Å²) in [7, 11) is 0. The van der Waals surface area contributed by atoms with Crippen molar-refractivity contribution < 1.29 is 0 Å². The summed E-state index contributed by atoms with van der Waals surface area (Å²) in [6.07, 6.45) is 3.70. The smallest absolute Gasteiger partial charge is 0.184 e. The first-order valence-electron chi connectivity index (χ1n) is 5.92. The average Bonchev–Trinajstić information content (AvgIpc) is 2.79. The molecule has 0 aliphatic rings. The largest absolute Gasteiger partial charge is 0.357 e. The highest BCUT2D eigenvalue weighted by molar-refractivity contribution is 9.10. The normalized spacial score (nSPS) is 10.8. The number of aromatic nitrogens is 2. The molecule has 0 radical (unpaired) electrons. The SMILES string of the molecule is Cc1cnccc1CNc1nc2cc(Br)ccc2s1. The van der Waals surface area contributed by atoms with Crippen molar-refractivity contribution in [1.29, 1.82) is 0 Å². The maximum atomic E-state index is 4.58. The van der Waals surface area contributed by atoms with Crippen LogP contribution in [0.2, 0.25) is 0 Å². The first-order chi connectivity index (χ1) is 9.22. The number of nitrogens with zero attached hydrogens (tertiary/aromatic N) is 2. The van der Waals surface area contributed by atoms with Crippen molar-refractivity contribution in [2.75, 3.05) is 5.32 Å². The van der Waals surface area contributed by atoms with Crippen LogP contribution >= 0.6 is 27.3 Å². The zero-order valence-corrected chi connectivity index (χ0v) is 12.8. The quantitative estimate of drug-likeness (QED) is 0.773. The molecule has 1 aromatic carbocycles. The van der Waals surface area contributed by atoms with Crippen molar-refractivity contribution in [1.82, 2.24) is 9.97 Å². The Bertz CT molecular complexity index is 724. The van der Waals surface area contributed by atoms with Gasteiger partial charge >= 0.3 is 0 Å². The van der Waals surface area contributed by atoms with Crippen LogP contribution in [0.4, 0.5) is 5.13 Å². The van der Waals surface area contributed by atoms with Gasteiger partial charge in [-0.25, -0.2) is 4.98 Å². The molecule has 0 fully saturated rings. The van der Waals surface area contributed by atoms with Gasteiger partial charge in [-0.15, -0.1) is 0 Å². The number of anilines is 1. The average molecular weight is 334 g/mol. The Kier molecular flexibility index (Phi) is 3.48. The molecule has 5 heteroatoms. The molecule has 0 bridgehead atoms. The second-order valence-electron chi connectivity index (χ2n) is 4.29. The molecule has 0 saturated carbocycles. The van der Waals surface area contributed by atoms with E-state index in [2.05, 4.69) is 44.2 Å². The van der Waals surface area contributed by atoms with E-state index in [1.807, 2.05) is 30.6 Å². The molecule has 0 unspecified atom stereocenters. The summed E-state index contributed by atoms with van der Waals surface area (Å²) in [6, 6.07) is 8.19. The Morgan fingerprint density at radius 2 is 2.21 bits per heavy atom. The minimum absolute atomic E-state index is 0.773. The molecule has 0 aliphatic heterocycles. The zero-order chi connectivity index (χ0) is 13.2. The second-order valence-corrected chi connectivity index (χ2v) is 6.23. The van der Waals surface area contributed by atoms with E-state index in [9.17, 15) is 0 Å². The van der Waals surface area contributed by atoms with E-state index < -0.39 is 0 Å². The van der Waals surface area contributed by atoms with Gasteiger partial charge in [-0.1, -0.05) is 27.3 Å². The van der Waals surface area contributed by atoms with E-state index in [1.165, 1.54) is 15.8 Å². The molecule has 2 aromatic heterocycles. The van der Waals surface area contributed by atoms with Crippen LogP contribution in [0.5, 0.6) is 0 Å². The fraction of sp³-hybridized carbons (Fsp3) is 0.143. The maximum Gasteiger partial charge on any atom is 0.184 e. The van der Waals surface area contributed by atoms with Crippen molar-refractivity contribution in [2.45, 2.75) is 13.5 Å². The highest BCUT2D eigenvalue weighted by Crippen LogP contribution is 2.28. The summed E-state index contributed by atoms with van der Waals surface area (Å²) in [5.74, 6) is 0. The van der Waals surface area contributed by atoms with Crippen molar-refractivity contribution in [3.05, 3.63) is 52.3 Å². The highest BCUT2D eigenvalue weighted by Gasteiger charge is 2.04. The van der Waals surface area contributed by atoms with E-state index >= 15 is 0 Å². The predicted molar refractivity (Wildman–Crippen MR) is 83.6 cm³/mol. The van der Waals surface area contributed by atoms with Crippen LogP contribution in [0.15, 0.2) is 41.1 Å². The van der Waals surface area contributed by atoms with Gasteiger partial charge in [0.05, 0.1) is 10.2 Å². The molecule has 19 heavy (non-hydrogen) atoms. The predicted octanol–water partition coefficient (Wildman–Crippen LogP) is 4.37. The van der Waals surface area contributed by atoms with E-state index in [-0.39, 0.29) is 0 Å². The molecule has 96 valence electrons. The van der Waals surface area contributed by atoms with Gasteiger partial charge in [0.2, 0.25) is 0 Å². The number of aryl methyl sites for hydroxylation is 1. The summed E-state index contributed by atoms with van der Waals surface area (Å²) in [5.41, 5.74) is 3.46. The summed E-state index contributed by atoms with van der Waals surface area (Å²) in [6.45, 7) is 2.84. The van der Waals surface area contributed by atoms with Crippen LogP contribution in [0, 0.1) is 6.92 Å². The van der Waals surface area contributed by atoms with Gasteiger partial charge in [0, 0.05) is 23.4 Å². The lowest BCUT2D eigenvalue weighted by molar-refractivity contribution is 1.09. The fourth-order valence-corrected chi connectivity index (χ4v) is 3.04. The van der Waals surface area contributed by atoms with E-state index in [0.29, 0.717) is 0 Å². The number of hydrogen-bond acceptors (Lipinski definition) is 4. The fourth-order valence-electron chi connectivity index (χ4n) is 1.85. The van der Waals surface area contributed by atoms with E-state index in [0.717, 1.165) is 21.7 Å². The van der Waals surface area contributed by atoms with Crippen LogP contribution in [-0.4, -0.2) is 9.97 Å². The third kappa shape index (κ3) is 2.77. The maximum absolute atomic E-state index is 4.58. The van der Waals surface area contributed by atoms with Crippen molar-refractivity contribution in [3.63, 3.8) is 0 Å². The lowest BCUT2D eigenvalue weighted by Gasteiger charge is -2.05. The van der Waals surface area contributed by atoms with Gasteiger partial charge in [-0.05, 0) is 42.3 Å². The summed E-state index contributed by atoms with van der Waals surface area (Å²) < 4.78 is 2.25. The van der Waals surface area contributed by atoms with Gasteiger partial charge < -0.3 is 5.32 Å². The van der Waals surface area contributed by atoms with Gasteiger partial charge in [-0.3, -0.25) is 4.98 Å². The summed E-state index contributed by atoms with van der Waals surface area (Å²) in [4.78, 5) is 8.68. The molecule has 0 spiro atoms. The number of benzene rings is 1. The molecule has 2 heterocycles. The number of nitrogens with one attached hydrogen (secondary N) is 1. The number of pyridine rings is 1. The summed E-state index contributed by atoms with van der Waals surface area (Å²) in [5, 5.41) is 4.32. The van der Waals surface area contributed by atoms with Gasteiger partial charge in [0.25, 0.3) is 0 Å². The second kappa shape index (κ2) is 5.27. The van der Waals surface area contributed by atoms with Crippen LogP contribution in [0.25, 0.3) is 10.2 Å². The number of fused-ring (bicyclic) bond motifs is 1.